The molecule has 1 aliphatic rings. The lowest BCUT2D eigenvalue weighted by Crippen LogP contribution is -2.21. The number of hydrogen-bond acceptors (Lipinski definition) is 3. The van der Waals surface area contributed by atoms with Crippen molar-refractivity contribution in [1.82, 2.24) is 4.72 Å². The van der Waals surface area contributed by atoms with Crippen LogP contribution in [-0.2, 0) is 4.79 Å². The Morgan fingerprint density at radius 3 is 2.94 bits per heavy atom. The maximum absolute atomic E-state index is 11.0. The van der Waals surface area contributed by atoms with Gasteiger partial charge in [0.05, 0.1) is 10.3 Å². The zero-order chi connectivity index (χ0) is 12.9. The lowest BCUT2D eigenvalue weighted by Gasteiger charge is -2.21. The first-order valence-electron chi connectivity index (χ1n) is 5.40. The Balaban J connectivity index is 2.88. The highest BCUT2D eigenvalue weighted by molar-refractivity contribution is 7.99. The molecule has 1 atom stereocenters. The monoisotopic (exact) mass is 273 g/mol. The minimum absolute atomic E-state index is 0.216. The number of allylic oxidation sites excluding steroid dienone is 2. The van der Waals surface area contributed by atoms with E-state index in [9.17, 15) is 4.79 Å². The number of carboxylic acid groups (broad SMARTS) is 1. The Hall–Kier alpha value is -0.710. The highest BCUT2D eigenvalue weighted by atomic mass is 35.5. The first-order valence-corrected chi connectivity index (χ1v) is 6.60. The molecule has 5 heteroatoms. The zero-order valence-corrected chi connectivity index (χ0v) is 11.4. The van der Waals surface area contributed by atoms with Crippen molar-refractivity contribution < 1.29 is 9.90 Å². The Bertz CT molecular complexity index is 390. The summed E-state index contributed by atoms with van der Waals surface area (Å²) >= 11 is 7.38. The van der Waals surface area contributed by atoms with Gasteiger partial charge in [-0.3, -0.25) is 4.72 Å². The van der Waals surface area contributed by atoms with Gasteiger partial charge in [0.25, 0.3) is 0 Å². The lowest BCUT2D eigenvalue weighted by molar-refractivity contribution is -0.132. The van der Waals surface area contributed by atoms with Gasteiger partial charge in [0, 0.05) is 11.6 Å². The smallest absolute Gasteiger partial charge is 0.335 e. The van der Waals surface area contributed by atoms with E-state index >= 15 is 0 Å². The number of halogens is 1. The molecule has 0 fully saturated rings. The largest absolute Gasteiger partial charge is 0.478 e. The number of aliphatic carboxylic acids is 1. The van der Waals surface area contributed by atoms with Gasteiger partial charge < -0.3 is 5.11 Å². The summed E-state index contributed by atoms with van der Waals surface area (Å²) in [7, 11) is 0. The van der Waals surface area contributed by atoms with Gasteiger partial charge in [-0.15, -0.1) is 0 Å². The molecule has 94 valence electrons. The molecular weight excluding hydrogens is 258 g/mol. The molecule has 0 radical (unpaired) electrons. The second-order valence-corrected chi connectivity index (χ2v) is 5.76. The minimum atomic E-state index is -0.964. The normalized spacial score (nSPS) is 23.9. The average Bonchev–Trinajstić information content (AvgIpc) is 2.40. The van der Waals surface area contributed by atoms with Crippen molar-refractivity contribution in [2.45, 2.75) is 25.0 Å². The van der Waals surface area contributed by atoms with Crippen LogP contribution in [0.3, 0.4) is 0 Å². The van der Waals surface area contributed by atoms with Gasteiger partial charge in [-0.1, -0.05) is 36.5 Å². The number of hydrogen-bond donors (Lipinski definition) is 2. The number of carbonyl (C=O) groups is 1. The Morgan fingerprint density at radius 2 is 2.35 bits per heavy atom. The first kappa shape index (κ1) is 14.4. The number of nitrogens with one attached hydrogen (secondary N) is 1. The summed E-state index contributed by atoms with van der Waals surface area (Å²) in [5.74, 6) is -0.964. The third-order valence-electron chi connectivity index (χ3n) is 2.20. The predicted octanol–water partition coefficient (Wildman–Crippen LogP) is 3.10. The maximum Gasteiger partial charge on any atom is 0.335 e. The van der Waals surface area contributed by atoms with Crippen LogP contribution in [0.25, 0.3) is 0 Å². The molecule has 1 unspecified atom stereocenters. The van der Waals surface area contributed by atoms with Gasteiger partial charge in [0.2, 0.25) is 0 Å². The fraction of sp³-hybridized carbons (Fsp3) is 0.417. The molecule has 0 amide bonds. The molecule has 17 heavy (non-hydrogen) atoms. The van der Waals surface area contributed by atoms with Crippen molar-refractivity contribution >= 4 is 29.5 Å². The second-order valence-electron chi connectivity index (χ2n) is 3.95. The van der Waals surface area contributed by atoms with Crippen LogP contribution >= 0.6 is 23.5 Å². The van der Waals surface area contributed by atoms with Crippen LogP contribution in [0, 0.1) is 0 Å². The van der Waals surface area contributed by atoms with E-state index in [2.05, 4.69) is 11.6 Å². The van der Waals surface area contributed by atoms with Crippen LogP contribution in [0.4, 0.5) is 0 Å². The van der Waals surface area contributed by atoms with E-state index in [0.29, 0.717) is 5.03 Å². The summed E-state index contributed by atoms with van der Waals surface area (Å²) in [6.45, 7) is 4.91. The van der Waals surface area contributed by atoms with Crippen LogP contribution in [-0.4, -0.2) is 22.4 Å². The zero-order valence-electron chi connectivity index (χ0n) is 9.87. The van der Waals surface area contributed by atoms with Crippen LogP contribution in [0.2, 0.25) is 0 Å². The molecule has 1 rings (SSSR count). The van der Waals surface area contributed by atoms with Crippen molar-refractivity contribution in [2.24, 2.45) is 0 Å². The SMILES string of the molecule is CCCNSC1(C)C=CC(Cl)=CC(C(=O)O)=C1. The molecule has 0 aromatic carbocycles. The van der Waals surface area contributed by atoms with Crippen molar-refractivity contribution in [1.29, 1.82) is 0 Å². The maximum atomic E-state index is 11.0. The van der Waals surface area contributed by atoms with Crippen molar-refractivity contribution in [3.8, 4) is 0 Å². The number of carboxylic acids is 1. The van der Waals surface area contributed by atoms with Gasteiger partial charge in [-0.2, -0.15) is 0 Å². The Labute approximate surface area is 111 Å². The molecule has 0 spiro atoms. The molecule has 0 saturated carbocycles. The van der Waals surface area contributed by atoms with Gasteiger partial charge in [-0.25, -0.2) is 4.79 Å². The molecule has 0 saturated heterocycles. The summed E-state index contributed by atoms with van der Waals surface area (Å²) in [6.07, 6.45) is 7.82. The Morgan fingerprint density at radius 1 is 1.65 bits per heavy atom. The topological polar surface area (TPSA) is 49.3 Å². The predicted molar refractivity (Wildman–Crippen MR) is 73.1 cm³/mol. The van der Waals surface area contributed by atoms with E-state index in [1.807, 2.05) is 13.0 Å². The van der Waals surface area contributed by atoms with E-state index in [4.69, 9.17) is 16.7 Å². The van der Waals surface area contributed by atoms with E-state index in [-0.39, 0.29) is 5.57 Å². The summed E-state index contributed by atoms with van der Waals surface area (Å²) in [5.41, 5.74) is 0.216. The lowest BCUT2D eigenvalue weighted by atomic mass is 10.1. The van der Waals surface area contributed by atoms with Crippen LogP contribution < -0.4 is 4.72 Å². The van der Waals surface area contributed by atoms with E-state index in [1.54, 1.807) is 12.2 Å². The van der Waals surface area contributed by atoms with E-state index < -0.39 is 10.7 Å². The van der Waals surface area contributed by atoms with Crippen molar-refractivity contribution in [3.63, 3.8) is 0 Å². The molecule has 2 N–H and O–H groups in total. The second kappa shape index (κ2) is 6.28. The highest BCUT2D eigenvalue weighted by Gasteiger charge is 2.23. The van der Waals surface area contributed by atoms with Crippen molar-refractivity contribution in [3.05, 3.63) is 34.9 Å². The molecule has 1 aliphatic carbocycles. The third kappa shape index (κ3) is 4.58. The van der Waals surface area contributed by atoms with Gasteiger partial charge in [-0.05, 0) is 31.6 Å². The summed E-state index contributed by atoms with van der Waals surface area (Å²) in [4.78, 5) is 11.0. The average molecular weight is 274 g/mol. The highest BCUT2D eigenvalue weighted by Crippen LogP contribution is 2.31. The summed E-state index contributed by atoms with van der Waals surface area (Å²) in [6, 6.07) is 0. The standard InChI is InChI=1S/C12H16ClNO2S/c1-3-6-14-17-12(2)5-4-10(13)7-9(8-12)11(15)16/h4-5,7-8,14H,3,6H2,1-2H3,(H,15,16). The van der Waals surface area contributed by atoms with Gasteiger partial charge in [0.1, 0.15) is 0 Å². The van der Waals surface area contributed by atoms with E-state index in [1.165, 1.54) is 18.0 Å². The number of rotatable bonds is 5. The molecule has 0 aromatic heterocycles. The summed E-state index contributed by atoms with van der Waals surface area (Å²) < 4.78 is 2.80. The van der Waals surface area contributed by atoms with Crippen LogP contribution in [0.5, 0.6) is 0 Å². The Kier molecular flexibility index (Phi) is 5.31. The minimum Gasteiger partial charge on any atom is -0.478 e. The van der Waals surface area contributed by atoms with Crippen molar-refractivity contribution in [2.75, 3.05) is 6.54 Å². The third-order valence-corrected chi connectivity index (χ3v) is 3.48. The van der Waals surface area contributed by atoms with Gasteiger partial charge >= 0.3 is 5.97 Å². The first-order chi connectivity index (χ1) is 7.97. The quantitative estimate of drug-likeness (QED) is 0.597. The fourth-order valence-electron chi connectivity index (χ4n) is 1.34. The fourth-order valence-corrected chi connectivity index (χ4v) is 2.46. The van der Waals surface area contributed by atoms with Crippen LogP contribution in [0.1, 0.15) is 20.3 Å². The molecule has 3 nitrogen and oxygen atoms in total. The molecule has 0 aromatic rings. The molecule has 0 bridgehead atoms. The molecular formula is C12H16ClNO2S. The summed E-state index contributed by atoms with van der Waals surface area (Å²) in [5, 5.41) is 9.49. The van der Waals surface area contributed by atoms with Crippen LogP contribution in [0.15, 0.2) is 34.9 Å². The molecule has 0 aliphatic heterocycles. The van der Waals surface area contributed by atoms with E-state index in [0.717, 1.165) is 13.0 Å². The molecule has 0 heterocycles. The van der Waals surface area contributed by atoms with Gasteiger partial charge in [0.15, 0.2) is 0 Å².